The van der Waals surface area contributed by atoms with Gasteiger partial charge in [-0.3, -0.25) is 4.68 Å². The van der Waals surface area contributed by atoms with Crippen LogP contribution in [-0.4, -0.2) is 43.0 Å². The molecule has 2 aromatic rings. The molecule has 0 aliphatic carbocycles. The molecule has 0 atom stereocenters. The first-order valence-electron chi connectivity index (χ1n) is 7.17. The second-order valence-electron chi connectivity index (χ2n) is 4.83. The van der Waals surface area contributed by atoms with Gasteiger partial charge in [0.25, 0.3) is 0 Å². The van der Waals surface area contributed by atoms with Crippen LogP contribution in [-0.2, 0) is 11.3 Å². The van der Waals surface area contributed by atoms with Crippen molar-refractivity contribution in [2.24, 2.45) is 5.73 Å². The van der Waals surface area contributed by atoms with Gasteiger partial charge in [-0.2, -0.15) is 5.10 Å². The number of hydrogen-bond acceptors (Lipinski definition) is 5. The first kappa shape index (κ1) is 21.1. The lowest BCUT2D eigenvalue weighted by Gasteiger charge is -2.14. The highest BCUT2D eigenvalue weighted by Gasteiger charge is 2.32. The van der Waals surface area contributed by atoms with Crippen LogP contribution in [0.3, 0.4) is 0 Å². The number of halogens is 4. The molecule has 6 nitrogen and oxygen atoms in total. The maximum atomic E-state index is 12.6. The molecular formula is C15H19ClF3N3O3. The van der Waals surface area contributed by atoms with Crippen molar-refractivity contribution in [1.29, 1.82) is 0 Å². The minimum Gasteiger partial charge on any atom is -0.491 e. The fourth-order valence-electron chi connectivity index (χ4n) is 2.04. The zero-order chi connectivity index (χ0) is 17.6. The Morgan fingerprint density at radius 3 is 2.64 bits per heavy atom. The Hall–Kier alpha value is -1.97. The van der Waals surface area contributed by atoms with Crippen LogP contribution in [0.4, 0.5) is 13.2 Å². The van der Waals surface area contributed by atoms with Crippen LogP contribution in [0, 0.1) is 0 Å². The third-order valence-electron chi connectivity index (χ3n) is 3.04. The van der Waals surface area contributed by atoms with Crippen LogP contribution in [0.1, 0.15) is 0 Å². The largest absolute Gasteiger partial charge is 0.573 e. The van der Waals surface area contributed by atoms with E-state index < -0.39 is 6.36 Å². The van der Waals surface area contributed by atoms with Gasteiger partial charge in [0.2, 0.25) is 0 Å². The highest BCUT2D eigenvalue weighted by Crippen LogP contribution is 2.36. The molecule has 0 saturated carbocycles. The molecule has 2 N–H and O–H groups in total. The molecule has 10 heteroatoms. The van der Waals surface area contributed by atoms with Gasteiger partial charge >= 0.3 is 6.36 Å². The van der Waals surface area contributed by atoms with E-state index >= 15 is 0 Å². The molecule has 140 valence electrons. The Kier molecular flexibility index (Phi) is 8.01. The van der Waals surface area contributed by atoms with E-state index in [2.05, 4.69) is 9.84 Å². The fraction of sp³-hybridized carbons (Fsp3) is 0.400. The first-order valence-corrected chi connectivity index (χ1v) is 7.17. The Bertz CT molecular complexity index is 665. The van der Waals surface area contributed by atoms with Crippen LogP contribution < -0.4 is 15.2 Å². The molecule has 2 rings (SSSR count). The van der Waals surface area contributed by atoms with E-state index in [0.717, 1.165) is 0 Å². The van der Waals surface area contributed by atoms with Crippen molar-refractivity contribution < 1.29 is 27.4 Å². The molecule has 25 heavy (non-hydrogen) atoms. The maximum absolute atomic E-state index is 12.6. The van der Waals surface area contributed by atoms with Gasteiger partial charge in [-0.15, -0.1) is 25.6 Å². The molecule has 0 spiro atoms. The fourth-order valence-corrected chi connectivity index (χ4v) is 2.04. The molecule has 1 aromatic heterocycles. The van der Waals surface area contributed by atoms with Crippen LogP contribution in [0.25, 0.3) is 11.1 Å². The van der Waals surface area contributed by atoms with Crippen molar-refractivity contribution in [3.05, 3.63) is 30.6 Å². The molecule has 0 aliphatic rings. The minimum atomic E-state index is -4.79. The van der Waals surface area contributed by atoms with Crippen molar-refractivity contribution in [3.8, 4) is 22.6 Å². The number of rotatable bonds is 8. The van der Waals surface area contributed by atoms with E-state index in [4.69, 9.17) is 15.2 Å². The standard InChI is InChI=1S/C15H18F3N3O3.ClH/c1-22-6-7-23-12-2-3-14(24-15(16,17)18)13(8-12)11-9-20-21(10-11)5-4-19;/h2-3,8-10H,4-7,19H2,1H3;1H. The van der Waals surface area contributed by atoms with E-state index in [-0.39, 0.29) is 30.3 Å². The number of nitrogens with zero attached hydrogens (tertiary/aromatic N) is 2. The number of nitrogens with two attached hydrogens (primary N) is 1. The van der Waals surface area contributed by atoms with Gasteiger partial charge in [-0.25, -0.2) is 0 Å². The lowest BCUT2D eigenvalue weighted by atomic mass is 10.1. The number of methoxy groups -OCH3 is 1. The van der Waals surface area contributed by atoms with Crippen molar-refractivity contribution in [1.82, 2.24) is 9.78 Å². The Morgan fingerprint density at radius 2 is 2.00 bits per heavy atom. The summed E-state index contributed by atoms with van der Waals surface area (Å²) >= 11 is 0. The van der Waals surface area contributed by atoms with Gasteiger partial charge in [-0.1, -0.05) is 0 Å². The molecule has 0 aliphatic heterocycles. The second-order valence-corrected chi connectivity index (χ2v) is 4.83. The van der Waals surface area contributed by atoms with Gasteiger partial charge < -0.3 is 19.9 Å². The average Bonchev–Trinajstić information content (AvgIpc) is 2.96. The quantitative estimate of drug-likeness (QED) is 0.712. The zero-order valence-electron chi connectivity index (χ0n) is 13.5. The summed E-state index contributed by atoms with van der Waals surface area (Å²) in [6.07, 6.45) is -1.74. The number of aromatic nitrogens is 2. The summed E-state index contributed by atoms with van der Waals surface area (Å²) in [5.41, 5.74) is 6.15. The summed E-state index contributed by atoms with van der Waals surface area (Å²) in [5.74, 6) is 0.0806. The van der Waals surface area contributed by atoms with Crippen molar-refractivity contribution >= 4 is 12.4 Å². The second kappa shape index (κ2) is 9.50. The maximum Gasteiger partial charge on any atom is 0.573 e. The van der Waals surface area contributed by atoms with Crippen molar-refractivity contribution in [2.45, 2.75) is 12.9 Å². The van der Waals surface area contributed by atoms with Crippen LogP contribution in [0.2, 0.25) is 0 Å². The van der Waals surface area contributed by atoms with E-state index in [9.17, 15) is 13.2 Å². The molecule has 0 radical (unpaired) electrons. The summed E-state index contributed by atoms with van der Waals surface area (Å²) < 4.78 is 53.8. The molecule has 1 aromatic carbocycles. The number of alkyl halides is 3. The smallest absolute Gasteiger partial charge is 0.491 e. The minimum absolute atomic E-state index is 0. The van der Waals surface area contributed by atoms with Gasteiger partial charge in [0.1, 0.15) is 18.1 Å². The van der Waals surface area contributed by atoms with Gasteiger partial charge in [0.15, 0.2) is 0 Å². The predicted molar refractivity (Wildman–Crippen MR) is 88.0 cm³/mol. The summed E-state index contributed by atoms with van der Waals surface area (Å²) in [6.45, 7) is 1.47. The topological polar surface area (TPSA) is 71.5 Å². The molecule has 0 unspecified atom stereocenters. The molecule has 0 fully saturated rings. The predicted octanol–water partition coefficient (Wildman–Crippen LogP) is 2.85. The lowest BCUT2D eigenvalue weighted by molar-refractivity contribution is -0.274. The summed E-state index contributed by atoms with van der Waals surface area (Å²) in [7, 11) is 1.53. The van der Waals surface area contributed by atoms with Crippen molar-refractivity contribution in [2.75, 3.05) is 26.9 Å². The highest BCUT2D eigenvalue weighted by molar-refractivity contribution is 5.85. The number of ether oxygens (including phenoxy) is 3. The molecule has 0 saturated heterocycles. The third kappa shape index (κ3) is 6.45. The first-order chi connectivity index (χ1) is 11.4. The third-order valence-corrected chi connectivity index (χ3v) is 3.04. The van der Waals surface area contributed by atoms with Gasteiger partial charge in [0.05, 0.1) is 19.3 Å². The van der Waals surface area contributed by atoms with Crippen LogP contribution in [0.15, 0.2) is 30.6 Å². The van der Waals surface area contributed by atoms with E-state index in [1.54, 1.807) is 10.9 Å². The monoisotopic (exact) mass is 381 g/mol. The van der Waals surface area contributed by atoms with E-state index in [0.29, 0.717) is 31.0 Å². The summed E-state index contributed by atoms with van der Waals surface area (Å²) in [6, 6.07) is 4.09. The number of benzene rings is 1. The normalized spacial score (nSPS) is 11.1. The average molecular weight is 382 g/mol. The van der Waals surface area contributed by atoms with E-state index in [1.165, 1.54) is 31.5 Å². The number of hydrogen-bond donors (Lipinski definition) is 1. The summed E-state index contributed by atoms with van der Waals surface area (Å²) in [4.78, 5) is 0. The highest BCUT2D eigenvalue weighted by atomic mass is 35.5. The Morgan fingerprint density at radius 1 is 1.24 bits per heavy atom. The van der Waals surface area contributed by atoms with Gasteiger partial charge in [-0.05, 0) is 18.2 Å². The molecule has 1 heterocycles. The van der Waals surface area contributed by atoms with Crippen LogP contribution >= 0.6 is 12.4 Å². The molecule has 0 amide bonds. The molecular weight excluding hydrogens is 363 g/mol. The van der Waals surface area contributed by atoms with Crippen molar-refractivity contribution in [3.63, 3.8) is 0 Å². The van der Waals surface area contributed by atoms with Gasteiger partial charge in [0, 0.05) is 31.0 Å². The summed E-state index contributed by atoms with van der Waals surface area (Å²) in [5, 5.41) is 4.06. The SMILES string of the molecule is COCCOc1ccc(OC(F)(F)F)c(-c2cnn(CCN)c2)c1.Cl. The lowest BCUT2D eigenvalue weighted by Crippen LogP contribution is -2.17. The van der Waals surface area contributed by atoms with Crippen LogP contribution in [0.5, 0.6) is 11.5 Å². The van der Waals surface area contributed by atoms with E-state index in [1.807, 2.05) is 0 Å². The zero-order valence-corrected chi connectivity index (χ0v) is 14.3. The molecule has 0 bridgehead atoms. The Labute approximate surface area is 149 Å². The Balaban J connectivity index is 0.00000312.